The van der Waals surface area contributed by atoms with Crippen LogP contribution in [0.25, 0.3) is 9.53 Å². The van der Waals surface area contributed by atoms with E-state index in [9.17, 15) is 9.59 Å². The number of fused-ring (bicyclic) bond motifs is 1. The molecule has 22 heavy (non-hydrogen) atoms. The van der Waals surface area contributed by atoms with Crippen LogP contribution in [0.5, 0.6) is 0 Å². The Morgan fingerprint density at radius 3 is 2.73 bits per heavy atom. The Morgan fingerprint density at radius 2 is 2.09 bits per heavy atom. The first kappa shape index (κ1) is 15.2. The maximum atomic E-state index is 12.3. The van der Waals surface area contributed by atoms with Crippen LogP contribution in [0.15, 0.2) is 6.07 Å². The number of hydrogen-bond donors (Lipinski definition) is 1. The molecular formula is C14H17N3O3S2. The minimum absolute atomic E-state index is 0.0423. The number of carbonyl (C=O) groups excluding carboxylic acids is 1. The van der Waals surface area contributed by atoms with E-state index >= 15 is 0 Å². The van der Waals surface area contributed by atoms with E-state index in [1.165, 1.54) is 29.1 Å². The number of thiazole rings is 1. The monoisotopic (exact) mass is 339 g/mol. The molecule has 118 valence electrons. The van der Waals surface area contributed by atoms with Crippen LogP contribution in [-0.2, 0) is 4.79 Å². The highest BCUT2D eigenvalue weighted by Crippen LogP contribution is 2.36. The molecule has 1 amide bonds. The van der Waals surface area contributed by atoms with Gasteiger partial charge in [0, 0.05) is 26.7 Å². The van der Waals surface area contributed by atoms with E-state index in [4.69, 9.17) is 5.11 Å². The molecule has 6 nitrogen and oxygen atoms in total. The number of thiophene rings is 1. The van der Waals surface area contributed by atoms with Crippen molar-refractivity contribution in [1.29, 1.82) is 0 Å². The molecule has 0 unspecified atom stereocenters. The summed E-state index contributed by atoms with van der Waals surface area (Å²) < 4.78 is 1.03. The Kier molecular flexibility index (Phi) is 4.30. The average Bonchev–Trinajstić information content (AvgIpc) is 3.17. The van der Waals surface area contributed by atoms with Gasteiger partial charge in [-0.25, -0.2) is 4.98 Å². The van der Waals surface area contributed by atoms with E-state index < -0.39 is 5.97 Å². The van der Waals surface area contributed by atoms with Crippen molar-refractivity contribution in [2.75, 3.05) is 31.6 Å². The second-order valence-electron chi connectivity index (χ2n) is 5.34. The molecule has 1 saturated heterocycles. The number of nitrogens with zero attached hydrogens (tertiary/aromatic N) is 3. The van der Waals surface area contributed by atoms with Gasteiger partial charge in [0.2, 0.25) is 0 Å². The maximum absolute atomic E-state index is 12.3. The zero-order valence-corrected chi connectivity index (χ0v) is 13.9. The minimum Gasteiger partial charge on any atom is -0.481 e. The molecular weight excluding hydrogens is 322 g/mol. The van der Waals surface area contributed by atoms with Crippen molar-refractivity contribution in [3.8, 4) is 0 Å². The summed E-state index contributed by atoms with van der Waals surface area (Å²) in [6.45, 7) is 2.33. The number of rotatable bonds is 5. The first-order chi connectivity index (χ1) is 10.5. The molecule has 0 aromatic carbocycles. The number of carbonyl (C=O) groups is 2. The highest BCUT2D eigenvalue weighted by Gasteiger charge is 2.20. The summed E-state index contributed by atoms with van der Waals surface area (Å²) in [4.78, 5) is 32.7. The minimum atomic E-state index is -0.899. The lowest BCUT2D eigenvalue weighted by Gasteiger charge is -2.14. The highest BCUT2D eigenvalue weighted by molar-refractivity contribution is 7.29. The van der Waals surface area contributed by atoms with E-state index in [1.54, 1.807) is 18.4 Å². The molecule has 1 N–H and O–H groups in total. The topological polar surface area (TPSA) is 73.7 Å². The summed E-state index contributed by atoms with van der Waals surface area (Å²) in [6, 6.07) is 1.87. The van der Waals surface area contributed by atoms with Crippen LogP contribution in [0.1, 0.15) is 28.9 Å². The molecule has 0 atom stereocenters. The summed E-state index contributed by atoms with van der Waals surface area (Å²) in [7, 11) is 1.63. The van der Waals surface area contributed by atoms with Gasteiger partial charge in [-0.2, -0.15) is 0 Å². The van der Waals surface area contributed by atoms with Gasteiger partial charge < -0.3 is 14.9 Å². The van der Waals surface area contributed by atoms with Gasteiger partial charge in [-0.1, -0.05) is 11.3 Å². The van der Waals surface area contributed by atoms with E-state index in [0.29, 0.717) is 4.88 Å². The second-order valence-corrected chi connectivity index (χ2v) is 7.38. The van der Waals surface area contributed by atoms with Crippen LogP contribution >= 0.6 is 22.7 Å². The fourth-order valence-electron chi connectivity index (χ4n) is 2.43. The van der Waals surface area contributed by atoms with Gasteiger partial charge in [-0.15, -0.1) is 11.3 Å². The Labute approximate surface area is 136 Å². The lowest BCUT2D eigenvalue weighted by atomic mass is 10.3. The van der Waals surface area contributed by atoms with Crippen LogP contribution in [0.2, 0.25) is 0 Å². The lowest BCUT2D eigenvalue weighted by molar-refractivity contribution is -0.137. The van der Waals surface area contributed by atoms with Gasteiger partial charge in [-0.05, 0) is 18.9 Å². The van der Waals surface area contributed by atoms with Crippen molar-refractivity contribution in [3.63, 3.8) is 0 Å². The summed E-state index contributed by atoms with van der Waals surface area (Å²) in [5.41, 5.74) is 0. The van der Waals surface area contributed by atoms with Crippen LogP contribution in [-0.4, -0.2) is 53.5 Å². The number of carboxylic acids is 1. The molecule has 0 saturated carbocycles. The fraction of sp³-hybridized carbons (Fsp3) is 0.500. The van der Waals surface area contributed by atoms with E-state index in [2.05, 4.69) is 9.88 Å². The van der Waals surface area contributed by atoms with Gasteiger partial charge in [0.05, 0.1) is 16.0 Å². The second kappa shape index (κ2) is 6.21. The molecule has 3 rings (SSSR count). The molecule has 0 spiro atoms. The smallest absolute Gasteiger partial charge is 0.305 e. The largest absolute Gasteiger partial charge is 0.481 e. The first-order valence-electron chi connectivity index (χ1n) is 7.17. The SMILES string of the molecule is CN(CCC(=O)O)C(=O)c1cc2sc(N3CCCC3)nc2s1. The van der Waals surface area contributed by atoms with Crippen LogP contribution in [0.4, 0.5) is 5.13 Å². The molecule has 3 heterocycles. The fourth-order valence-corrected chi connectivity index (χ4v) is 4.68. The van der Waals surface area contributed by atoms with Gasteiger partial charge in [0.15, 0.2) is 5.13 Å². The van der Waals surface area contributed by atoms with Crippen molar-refractivity contribution >= 4 is 49.2 Å². The number of hydrogen-bond acceptors (Lipinski definition) is 6. The number of carboxylic acid groups (broad SMARTS) is 1. The van der Waals surface area contributed by atoms with Gasteiger partial charge in [-0.3, -0.25) is 9.59 Å². The van der Waals surface area contributed by atoms with Gasteiger partial charge in [0.1, 0.15) is 4.83 Å². The van der Waals surface area contributed by atoms with Crippen molar-refractivity contribution in [2.45, 2.75) is 19.3 Å². The summed E-state index contributed by atoms with van der Waals surface area (Å²) in [6.07, 6.45) is 2.38. The normalized spacial score (nSPS) is 14.7. The molecule has 0 radical (unpaired) electrons. The summed E-state index contributed by atoms with van der Waals surface area (Å²) in [5, 5.41) is 9.72. The number of aromatic nitrogens is 1. The van der Waals surface area contributed by atoms with E-state index in [1.807, 2.05) is 6.07 Å². The zero-order chi connectivity index (χ0) is 15.7. The first-order valence-corrected chi connectivity index (χ1v) is 8.80. The van der Waals surface area contributed by atoms with Gasteiger partial charge >= 0.3 is 5.97 Å². The quantitative estimate of drug-likeness (QED) is 0.906. The molecule has 2 aromatic heterocycles. The van der Waals surface area contributed by atoms with Crippen LogP contribution in [0, 0.1) is 0 Å². The highest BCUT2D eigenvalue weighted by atomic mass is 32.1. The van der Waals surface area contributed by atoms with Crippen molar-refractivity contribution < 1.29 is 14.7 Å². The van der Waals surface area contributed by atoms with Crippen LogP contribution in [0.3, 0.4) is 0 Å². The Hall–Kier alpha value is -1.67. The third-order valence-corrected chi connectivity index (χ3v) is 5.88. The standard InChI is InChI=1S/C14H17N3O3S2/c1-16(7-4-11(18)19)13(20)10-8-9-12(21-10)15-14(22-9)17-5-2-3-6-17/h8H,2-7H2,1H3,(H,18,19). The number of anilines is 1. The van der Waals surface area contributed by atoms with E-state index in [0.717, 1.165) is 27.8 Å². The predicted octanol–water partition coefficient (Wildman–Crippen LogP) is 2.50. The molecule has 1 aliphatic rings. The molecule has 1 fully saturated rings. The molecule has 8 heteroatoms. The number of aliphatic carboxylic acids is 1. The van der Waals surface area contributed by atoms with Crippen molar-refractivity contribution in [1.82, 2.24) is 9.88 Å². The third-order valence-electron chi connectivity index (χ3n) is 3.67. The van der Waals surface area contributed by atoms with E-state index in [-0.39, 0.29) is 18.9 Å². The third kappa shape index (κ3) is 3.07. The molecule has 0 aliphatic carbocycles. The maximum Gasteiger partial charge on any atom is 0.305 e. The van der Waals surface area contributed by atoms with Gasteiger partial charge in [0.25, 0.3) is 5.91 Å². The summed E-state index contributed by atoms with van der Waals surface area (Å²) >= 11 is 3.00. The molecule has 1 aliphatic heterocycles. The van der Waals surface area contributed by atoms with Crippen molar-refractivity contribution in [3.05, 3.63) is 10.9 Å². The lowest BCUT2D eigenvalue weighted by Crippen LogP contribution is -2.28. The predicted molar refractivity (Wildman–Crippen MR) is 88.2 cm³/mol. The molecule has 0 bridgehead atoms. The Bertz CT molecular complexity index is 672. The Balaban J connectivity index is 1.73. The Morgan fingerprint density at radius 1 is 1.36 bits per heavy atom. The van der Waals surface area contributed by atoms with Crippen LogP contribution < -0.4 is 4.90 Å². The molecule has 2 aromatic rings. The summed E-state index contributed by atoms with van der Waals surface area (Å²) in [5.74, 6) is -1.04. The number of amides is 1. The average molecular weight is 339 g/mol. The van der Waals surface area contributed by atoms with Crippen molar-refractivity contribution in [2.24, 2.45) is 0 Å². The zero-order valence-electron chi connectivity index (χ0n) is 12.2.